The number of carbonyl (C=O) groups is 1. The number of nitrogens with one attached hydrogen (secondary N) is 1. The van der Waals surface area contributed by atoms with E-state index in [2.05, 4.69) is 27.3 Å². The molecule has 1 aliphatic heterocycles. The Morgan fingerprint density at radius 1 is 1.48 bits per heavy atom. The van der Waals surface area contributed by atoms with Crippen molar-refractivity contribution < 1.29 is 9.90 Å². The number of aryl methyl sites for hydroxylation is 1. The number of fused-ring (bicyclic) bond motifs is 1. The van der Waals surface area contributed by atoms with Gasteiger partial charge in [0, 0.05) is 25.8 Å². The molecule has 0 aromatic carbocycles. The first kappa shape index (κ1) is 13.8. The minimum absolute atomic E-state index is 0.191. The lowest BCUT2D eigenvalue weighted by Crippen LogP contribution is -2.32. The summed E-state index contributed by atoms with van der Waals surface area (Å²) in [5, 5.41) is 17.6. The van der Waals surface area contributed by atoms with Gasteiger partial charge in [-0.15, -0.1) is 0 Å². The predicted octanol–water partition coefficient (Wildman–Crippen LogP) is 1.17. The van der Waals surface area contributed by atoms with Crippen molar-refractivity contribution in [1.29, 1.82) is 0 Å². The van der Waals surface area contributed by atoms with E-state index in [1.165, 1.54) is 12.6 Å². The lowest BCUT2D eigenvalue weighted by molar-refractivity contribution is 0.0697. The lowest BCUT2D eigenvalue weighted by atomic mass is 10.1. The number of aromatic carboxylic acids is 1. The van der Waals surface area contributed by atoms with Gasteiger partial charge in [-0.2, -0.15) is 5.10 Å². The van der Waals surface area contributed by atoms with Crippen LogP contribution in [0.15, 0.2) is 12.4 Å². The van der Waals surface area contributed by atoms with Crippen LogP contribution < -0.4 is 5.32 Å². The number of hydrogen-bond donors (Lipinski definition) is 2. The van der Waals surface area contributed by atoms with Crippen molar-refractivity contribution in [2.45, 2.75) is 18.9 Å². The van der Waals surface area contributed by atoms with Crippen LogP contribution in [0.5, 0.6) is 0 Å². The van der Waals surface area contributed by atoms with Crippen molar-refractivity contribution in [1.82, 2.24) is 19.7 Å². The fraction of sp³-hybridized carbons (Fsp3) is 0.500. The van der Waals surface area contributed by atoms with Crippen LogP contribution in [-0.2, 0) is 7.05 Å². The van der Waals surface area contributed by atoms with E-state index in [1.807, 2.05) is 0 Å². The van der Waals surface area contributed by atoms with Crippen LogP contribution in [0.3, 0.4) is 0 Å². The van der Waals surface area contributed by atoms with Gasteiger partial charge in [-0.3, -0.25) is 4.68 Å². The molecule has 1 unspecified atom stereocenters. The van der Waals surface area contributed by atoms with Gasteiger partial charge in [-0.25, -0.2) is 9.78 Å². The molecule has 1 aliphatic rings. The number of likely N-dealkylation sites (tertiary alicyclic amines) is 1. The quantitative estimate of drug-likeness (QED) is 0.879. The molecule has 1 atom stereocenters. The monoisotopic (exact) mass is 289 g/mol. The second-order valence-corrected chi connectivity index (χ2v) is 5.52. The Kier molecular flexibility index (Phi) is 3.50. The number of hydrogen-bond acceptors (Lipinski definition) is 5. The molecule has 0 bridgehead atoms. The molecule has 112 valence electrons. The molecule has 2 aromatic heterocycles. The Morgan fingerprint density at radius 3 is 2.95 bits per heavy atom. The minimum atomic E-state index is -0.976. The molecule has 0 saturated carbocycles. The number of anilines is 1. The van der Waals surface area contributed by atoms with Crippen LogP contribution in [0, 0.1) is 0 Å². The molecular formula is C14H19N5O2. The lowest BCUT2D eigenvalue weighted by Gasteiger charge is -2.21. The van der Waals surface area contributed by atoms with Gasteiger partial charge in [0.2, 0.25) is 0 Å². The maximum absolute atomic E-state index is 11.4. The van der Waals surface area contributed by atoms with E-state index in [0.717, 1.165) is 24.9 Å². The number of likely N-dealkylation sites (N-methyl/N-ethyl adjacent to an activating group) is 1. The number of carboxylic acids is 1. The summed E-state index contributed by atoms with van der Waals surface area (Å²) in [5.41, 5.74) is 1.49. The first-order chi connectivity index (χ1) is 10.1. The summed E-state index contributed by atoms with van der Waals surface area (Å²) in [6.07, 6.45) is 5.38. The van der Waals surface area contributed by atoms with Gasteiger partial charge in [0.25, 0.3) is 0 Å². The number of rotatable bonds is 4. The van der Waals surface area contributed by atoms with Crippen LogP contribution in [0.4, 0.5) is 5.69 Å². The average molecular weight is 289 g/mol. The largest absolute Gasteiger partial charge is 0.478 e. The molecule has 3 rings (SSSR count). The van der Waals surface area contributed by atoms with Gasteiger partial charge in [-0.05, 0) is 26.4 Å². The van der Waals surface area contributed by atoms with Gasteiger partial charge in [0.1, 0.15) is 5.56 Å². The molecule has 2 N–H and O–H groups in total. The van der Waals surface area contributed by atoms with Gasteiger partial charge >= 0.3 is 5.97 Å². The van der Waals surface area contributed by atoms with E-state index in [9.17, 15) is 9.90 Å². The maximum Gasteiger partial charge on any atom is 0.339 e. The summed E-state index contributed by atoms with van der Waals surface area (Å²) in [7, 11) is 3.90. The summed E-state index contributed by atoms with van der Waals surface area (Å²) < 4.78 is 1.65. The summed E-state index contributed by atoms with van der Waals surface area (Å²) in [5.74, 6) is -0.976. The third kappa shape index (κ3) is 2.44. The van der Waals surface area contributed by atoms with Crippen molar-refractivity contribution in [2.24, 2.45) is 7.05 Å². The van der Waals surface area contributed by atoms with Crippen LogP contribution in [0.2, 0.25) is 0 Å². The van der Waals surface area contributed by atoms with Crippen molar-refractivity contribution in [3.8, 4) is 0 Å². The maximum atomic E-state index is 11.4. The van der Waals surface area contributed by atoms with Crippen LogP contribution in [0.1, 0.15) is 23.2 Å². The second kappa shape index (κ2) is 5.33. The summed E-state index contributed by atoms with van der Waals surface area (Å²) in [4.78, 5) is 17.9. The molecule has 0 amide bonds. The van der Waals surface area contributed by atoms with Crippen LogP contribution in [-0.4, -0.2) is 56.9 Å². The molecule has 1 saturated heterocycles. The molecule has 0 spiro atoms. The van der Waals surface area contributed by atoms with E-state index < -0.39 is 5.97 Å². The zero-order chi connectivity index (χ0) is 15.0. The van der Waals surface area contributed by atoms with E-state index in [1.54, 1.807) is 17.9 Å². The molecule has 0 radical (unpaired) electrons. The van der Waals surface area contributed by atoms with Crippen LogP contribution in [0.25, 0.3) is 11.0 Å². The van der Waals surface area contributed by atoms with Crippen molar-refractivity contribution in [3.63, 3.8) is 0 Å². The number of aromatic nitrogens is 3. The number of carboxylic acid groups (broad SMARTS) is 1. The molecule has 7 heteroatoms. The zero-order valence-electron chi connectivity index (χ0n) is 12.2. The van der Waals surface area contributed by atoms with E-state index >= 15 is 0 Å². The Balaban J connectivity index is 1.94. The van der Waals surface area contributed by atoms with Gasteiger partial charge in [-0.1, -0.05) is 0 Å². The predicted molar refractivity (Wildman–Crippen MR) is 79.6 cm³/mol. The molecular weight excluding hydrogens is 270 g/mol. The summed E-state index contributed by atoms with van der Waals surface area (Å²) in [6, 6.07) is 0.437. The standard InChI is InChI=1S/C14H19N5O2/c1-18-5-3-4-9(18)6-15-12-10-8-17-19(2)13(10)16-7-11(12)14(20)21/h7-9H,3-6H2,1-2H3,(H,15,16)(H,20,21). The Bertz CT molecular complexity index is 681. The van der Waals surface area contributed by atoms with Crippen molar-refractivity contribution in [3.05, 3.63) is 18.0 Å². The highest BCUT2D eigenvalue weighted by molar-refractivity contribution is 6.03. The molecule has 0 aliphatic carbocycles. The Hall–Kier alpha value is -2.15. The first-order valence-corrected chi connectivity index (χ1v) is 7.06. The van der Waals surface area contributed by atoms with E-state index in [-0.39, 0.29) is 5.56 Å². The smallest absolute Gasteiger partial charge is 0.339 e. The van der Waals surface area contributed by atoms with Gasteiger partial charge in [0.15, 0.2) is 5.65 Å². The number of nitrogens with zero attached hydrogens (tertiary/aromatic N) is 4. The normalized spacial score (nSPS) is 19.2. The molecule has 2 aromatic rings. The zero-order valence-corrected chi connectivity index (χ0v) is 12.2. The molecule has 3 heterocycles. The van der Waals surface area contributed by atoms with E-state index in [4.69, 9.17) is 0 Å². The summed E-state index contributed by atoms with van der Waals surface area (Å²) >= 11 is 0. The summed E-state index contributed by atoms with van der Waals surface area (Å²) in [6.45, 7) is 1.82. The van der Waals surface area contributed by atoms with Crippen LogP contribution >= 0.6 is 0 Å². The average Bonchev–Trinajstić information content (AvgIpc) is 3.03. The molecule has 21 heavy (non-hydrogen) atoms. The number of pyridine rings is 1. The molecule has 1 fully saturated rings. The van der Waals surface area contributed by atoms with Gasteiger partial charge in [0.05, 0.1) is 17.3 Å². The fourth-order valence-corrected chi connectivity index (χ4v) is 2.91. The van der Waals surface area contributed by atoms with E-state index in [0.29, 0.717) is 17.4 Å². The highest BCUT2D eigenvalue weighted by atomic mass is 16.4. The second-order valence-electron chi connectivity index (χ2n) is 5.52. The fourth-order valence-electron chi connectivity index (χ4n) is 2.91. The van der Waals surface area contributed by atoms with Crippen molar-refractivity contribution in [2.75, 3.05) is 25.5 Å². The third-order valence-corrected chi connectivity index (χ3v) is 4.18. The first-order valence-electron chi connectivity index (χ1n) is 7.06. The highest BCUT2D eigenvalue weighted by Gasteiger charge is 2.22. The Labute approximate surface area is 122 Å². The third-order valence-electron chi connectivity index (χ3n) is 4.18. The topological polar surface area (TPSA) is 83.3 Å². The molecule has 7 nitrogen and oxygen atoms in total. The Morgan fingerprint density at radius 2 is 2.29 bits per heavy atom. The minimum Gasteiger partial charge on any atom is -0.478 e. The SMILES string of the molecule is CN1CCCC1CNc1c(C(=O)O)cnc2c1cnn2C. The van der Waals surface area contributed by atoms with Gasteiger partial charge < -0.3 is 15.3 Å². The highest BCUT2D eigenvalue weighted by Crippen LogP contribution is 2.26. The van der Waals surface area contributed by atoms with Crippen molar-refractivity contribution >= 4 is 22.7 Å².